The minimum atomic E-state index is -0.300. The molecule has 108 valence electrons. The number of nitrogens with zero attached hydrogens (tertiary/aromatic N) is 2. The summed E-state index contributed by atoms with van der Waals surface area (Å²) in [5, 5.41) is 7.33. The molecule has 1 heterocycles. The molecular weight excluding hydrogens is 277 g/mol. The molecule has 1 N–H and O–H groups in total. The Kier molecular flexibility index (Phi) is 5.03. The molecule has 0 aliphatic heterocycles. The van der Waals surface area contributed by atoms with E-state index in [4.69, 9.17) is 4.74 Å². The lowest BCUT2D eigenvalue weighted by molar-refractivity contribution is 0.383. The van der Waals surface area contributed by atoms with Gasteiger partial charge < -0.3 is 10.1 Å². The van der Waals surface area contributed by atoms with Gasteiger partial charge in [-0.25, -0.2) is 4.39 Å². The van der Waals surface area contributed by atoms with Gasteiger partial charge in [0.1, 0.15) is 0 Å². The number of benzene rings is 1. The Morgan fingerprint density at radius 1 is 1.45 bits per heavy atom. The molecule has 1 aromatic carbocycles. The molecule has 0 spiro atoms. The maximum atomic E-state index is 14.2. The van der Waals surface area contributed by atoms with Crippen molar-refractivity contribution in [1.29, 1.82) is 0 Å². The molecule has 1 unspecified atom stereocenters. The second-order valence-electron chi connectivity index (χ2n) is 4.42. The van der Waals surface area contributed by atoms with E-state index in [1.165, 1.54) is 18.6 Å². The monoisotopic (exact) mass is 295 g/mol. The van der Waals surface area contributed by atoms with Gasteiger partial charge in [0.05, 0.1) is 17.7 Å². The number of hydrogen-bond acceptors (Lipinski definition) is 5. The fourth-order valence-electron chi connectivity index (χ4n) is 2.14. The fourth-order valence-corrected chi connectivity index (χ4v) is 2.99. The summed E-state index contributed by atoms with van der Waals surface area (Å²) in [5.41, 5.74) is 1.59. The third kappa shape index (κ3) is 2.96. The standard InChI is InChI=1S/C14H18FN3OS/c1-4-10-14(20-18-17-10)11(16-2)8-9-6-5-7-12(19-3)13(9)15/h5-7,11,16H,4,8H2,1-3H3. The lowest BCUT2D eigenvalue weighted by Gasteiger charge is -2.16. The molecule has 0 bridgehead atoms. The largest absolute Gasteiger partial charge is 0.494 e. The third-order valence-corrected chi connectivity index (χ3v) is 4.15. The topological polar surface area (TPSA) is 47.0 Å². The average molecular weight is 295 g/mol. The van der Waals surface area contributed by atoms with Crippen LogP contribution in [0.25, 0.3) is 0 Å². The Bertz CT molecular complexity index is 573. The van der Waals surface area contributed by atoms with Crippen molar-refractivity contribution in [3.8, 4) is 5.75 Å². The average Bonchev–Trinajstić information content (AvgIpc) is 2.94. The minimum Gasteiger partial charge on any atom is -0.494 e. The maximum Gasteiger partial charge on any atom is 0.168 e. The zero-order chi connectivity index (χ0) is 14.5. The van der Waals surface area contributed by atoms with Crippen molar-refractivity contribution in [3.63, 3.8) is 0 Å². The highest BCUT2D eigenvalue weighted by atomic mass is 32.1. The van der Waals surface area contributed by atoms with Gasteiger partial charge in [-0.05, 0) is 43.1 Å². The van der Waals surface area contributed by atoms with Gasteiger partial charge >= 0.3 is 0 Å². The molecule has 0 fully saturated rings. The SMILES string of the molecule is CCc1nnsc1C(Cc1cccc(OC)c1F)NC. The van der Waals surface area contributed by atoms with E-state index in [1.807, 2.05) is 14.0 Å². The van der Waals surface area contributed by atoms with Gasteiger partial charge in [0.2, 0.25) is 0 Å². The van der Waals surface area contributed by atoms with E-state index in [2.05, 4.69) is 14.9 Å². The van der Waals surface area contributed by atoms with Crippen molar-refractivity contribution in [3.05, 3.63) is 40.2 Å². The Hall–Kier alpha value is -1.53. The van der Waals surface area contributed by atoms with E-state index in [9.17, 15) is 4.39 Å². The lowest BCUT2D eigenvalue weighted by atomic mass is 10.0. The molecular formula is C14H18FN3OS. The lowest BCUT2D eigenvalue weighted by Crippen LogP contribution is -2.19. The quantitative estimate of drug-likeness (QED) is 0.890. The number of likely N-dealkylation sites (N-methyl/N-ethyl adjacent to an activating group) is 1. The van der Waals surface area contributed by atoms with Crippen LogP contribution in [0.2, 0.25) is 0 Å². The van der Waals surface area contributed by atoms with E-state index >= 15 is 0 Å². The van der Waals surface area contributed by atoms with Crippen molar-refractivity contribution in [1.82, 2.24) is 14.9 Å². The number of nitrogens with one attached hydrogen (secondary N) is 1. The molecule has 0 aliphatic rings. The minimum absolute atomic E-state index is 0.00607. The number of hydrogen-bond donors (Lipinski definition) is 1. The predicted octanol–water partition coefficient (Wildman–Crippen LogP) is 2.75. The first kappa shape index (κ1) is 14.9. The van der Waals surface area contributed by atoms with Crippen molar-refractivity contribution in [2.75, 3.05) is 14.2 Å². The Morgan fingerprint density at radius 3 is 2.90 bits per heavy atom. The van der Waals surface area contributed by atoms with Crippen LogP contribution < -0.4 is 10.1 Å². The van der Waals surface area contributed by atoms with Crippen molar-refractivity contribution in [2.45, 2.75) is 25.8 Å². The number of halogens is 1. The van der Waals surface area contributed by atoms with Crippen molar-refractivity contribution < 1.29 is 9.13 Å². The van der Waals surface area contributed by atoms with Crippen LogP contribution in [0.3, 0.4) is 0 Å². The third-order valence-electron chi connectivity index (χ3n) is 3.27. The normalized spacial score (nSPS) is 12.4. The van der Waals surface area contributed by atoms with E-state index in [0.717, 1.165) is 17.0 Å². The van der Waals surface area contributed by atoms with Crippen molar-refractivity contribution >= 4 is 11.5 Å². The predicted molar refractivity (Wildman–Crippen MR) is 77.7 cm³/mol. The van der Waals surface area contributed by atoms with Crippen LogP contribution in [0.5, 0.6) is 5.75 Å². The van der Waals surface area contributed by atoms with E-state index in [-0.39, 0.29) is 17.6 Å². The highest BCUT2D eigenvalue weighted by Crippen LogP contribution is 2.27. The number of rotatable bonds is 6. The molecule has 0 aliphatic carbocycles. The summed E-state index contributed by atoms with van der Waals surface area (Å²) in [5.74, 6) is -0.0266. The van der Waals surface area contributed by atoms with E-state index in [1.54, 1.807) is 18.2 Å². The van der Waals surface area contributed by atoms with Gasteiger partial charge in [0.15, 0.2) is 11.6 Å². The van der Waals surface area contributed by atoms with Crippen molar-refractivity contribution in [2.24, 2.45) is 0 Å². The molecule has 1 atom stereocenters. The molecule has 20 heavy (non-hydrogen) atoms. The van der Waals surface area contributed by atoms with Crippen LogP contribution in [0, 0.1) is 5.82 Å². The first-order valence-electron chi connectivity index (χ1n) is 6.51. The molecule has 0 radical (unpaired) electrons. The second kappa shape index (κ2) is 6.76. The first-order chi connectivity index (χ1) is 9.71. The number of aromatic nitrogens is 2. The number of methoxy groups -OCH3 is 1. The molecule has 0 saturated carbocycles. The summed E-state index contributed by atoms with van der Waals surface area (Å²) in [6.45, 7) is 2.04. The zero-order valence-corrected chi connectivity index (χ0v) is 12.6. The van der Waals surface area contributed by atoms with E-state index in [0.29, 0.717) is 12.0 Å². The molecule has 4 nitrogen and oxygen atoms in total. The zero-order valence-electron chi connectivity index (χ0n) is 11.8. The van der Waals surface area contributed by atoms with Crippen LogP contribution >= 0.6 is 11.5 Å². The van der Waals surface area contributed by atoms with Crippen LogP contribution in [0.4, 0.5) is 4.39 Å². The summed E-state index contributed by atoms with van der Waals surface area (Å²) in [6, 6.07) is 5.21. The molecule has 0 saturated heterocycles. The summed E-state index contributed by atoms with van der Waals surface area (Å²) in [6.07, 6.45) is 1.36. The molecule has 2 aromatic rings. The van der Waals surface area contributed by atoms with Crippen LogP contribution in [-0.2, 0) is 12.8 Å². The number of aryl methyl sites for hydroxylation is 1. The molecule has 2 rings (SSSR count). The summed E-state index contributed by atoms with van der Waals surface area (Å²) in [7, 11) is 3.34. The van der Waals surface area contributed by atoms with Gasteiger partial charge in [-0.3, -0.25) is 0 Å². The summed E-state index contributed by atoms with van der Waals surface area (Å²) in [4.78, 5) is 1.07. The maximum absolute atomic E-state index is 14.2. The Morgan fingerprint density at radius 2 is 2.25 bits per heavy atom. The van der Waals surface area contributed by atoms with Gasteiger partial charge in [0.25, 0.3) is 0 Å². The highest BCUT2D eigenvalue weighted by molar-refractivity contribution is 7.05. The smallest absolute Gasteiger partial charge is 0.168 e. The summed E-state index contributed by atoms with van der Waals surface area (Å²) < 4.78 is 23.2. The number of ether oxygens (including phenoxy) is 1. The molecule has 1 aromatic heterocycles. The Balaban J connectivity index is 2.27. The van der Waals surface area contributed by atoms with Crippen LogP contribution in [0.15, 0.2) is 18.2 Å². The highest BCUT2D eigenvalue weighted by Gasteiger charge is 2.20. The Labute approximate surface area is 122 Å². The van der Waals surface area contributed by atoms with Gasteiger partial charge in [-0.1, -0.05) is 23.5 Å². The molecule has 0 amide bonds. The summed E-state index contributed by atoms with van der Waals surface area (Å²) >= 11 is 1.36. The first-order valence-corrected chi connectivity index (χ1v) is 7.28. The fraction of sp³-hybridized carbons (Fsp3) is 0.429. The van der Waals surface area contributed by atoms with Crippen LogP contribution in [-0.4, -0.2) is 23.7 Å². The van der Waals surface area contributed by atoms with Gasteiger partial charge in [-0.2, -0.15) is 0 Å². The molecule has 6 heteroatoms. The van der Waals surface area contributed by atoms with Gasteiger partial charge in [0, 0.05) is 6.04 Å². The van der Waals surface area contributed by atoms with Crippen LogP contribution in [0.1, 0.15) is 29.1 Å². The van der Waals surface area contributed by atoms with Gasteiger partial charge in [-0.15, -0.1) is 5.10 Å². The van der Waals surface area contributed by atoms with E-state index < -0.39 is 0 Å². The second-order valence-corrected chi connectivity index (χ2v) is 5.20.